The molecule has 2 aliphatic rings. The van der Waals surface area contributed by atoms with Gasteiger partial charge in [-0.3, -0.25) is 14.3 Å². The van der Waals surface area contributed by atoms with Gasteiger partial charge in [-0.15, -0.1) is 0 Å². The molecule has 1 aromatic carbocycles. The molecule has 0 unspecified atom stereocenters. The molecule has 138 valence electrons. The second kappa shape index (κ2) is 6.70. The molecule has 2 atom stereocenters. The number of rotatable bonds is 2. The van der Waals surface area contributed by atoms with E-state index in [9.17, 15) is 18.4 Å². The molecule has 2 heterocycles. The van der Waals surface area contributed by atoms with Gasteiger partial charge in [-0.1, -0.05) is 31.4 Å². The first kappa shape index (κ1) is 17.0. The Morgan fingerprint density at radius 3 is 2.62 bits per heavy atom. The Bertz CT molecular complexity index is 931. The normalized spacial score (nSPS) is 23.3. The molecule has 2 N–H and O–H groups in total. The van der Waals surface area contributed by atoms with Crippen molar-refractivity contribution in [2.75, 3.05) is 5.32 Å². The Kier molecular flexibility index (Phi) is 4.38. The Morgan fingerprint density at radius 2 is 1.88 bits per heavy atom. The molecule has 1 aliphatic carbocycles. The second-order valence-corrected chi connectivity index (χ2v) is 7.15. The van der Waals surface area contributed by atoms with Gasteiger partial charge in [0.25, 0.3) is 5.56 Å². The molecule has 1 aliphatic heterocycles. The fraction of sp³-hybridized carbons (Fsp3) is 0.474. The molecule has 0 amide bonds. The van der Waals surface area contributed by atoms with Crippen molar-refractivity contribution < 1.29 is 8.78 Å². The summed E-state index contributed by atoms with van der Waals surface area (Å²) in [5, 5.41) is 2.89. The lowest BCUT2D eigenvalue weighted by atomic mass is 9.93. The summed E-state index contributed by atoms with van der Waals surface area (Å²) in [6.45, 7) is 0. The zero-order valence-corrected chi connectivity index (χ0v) is 14.3. The third-order valence-electron chi connectivity index (χ3n) is 5.44. The van der Waals surface area contributed by atoms with Crippen LogP contribution in [0, 0.1) is 5.82 Å². The van der Waals surface area contributed by atoms with Crippen LogP contribution in [0.2, 0.25) is 0 Å². The van der Waals surface area contributed by atoms with Crippen molar-refractivity contribution in [3.8, 4) is 0 Å². The van der Waals surface area contributed by atoms with Gasteiger partial charge in [-0.25, -0.2) is 13.6 Å². The van der Waals surface area contributed by atoms with Crippen LogP contribution < -0.4 is 16.6 Å². The Hall–Kier alpha value is -2.44. The predicted octanol–water partition coefficient (Wildman–Crippen LogP) is 3.23. The number of anilines is 1. The highest BCUT2D eigenvalue weighted by molar-refractivity contribution is 5.49. The van der Waals surface area contributed by atoms with E-state index in [0.29, 0.717) is 5.56 Å². The summed E-state index contributed by atoms with van der Waals surface area (Å²) in [6.07, 6.45) is 3.17. The van der Waals surface area contributed by atoms with Crippen molar-refractivity contribution in [1.82, 2.24) is 9.55 Å². The van der Waals surface area contributed by atoms with Crippen LogP contribution in [0.4, 0.5) is 14.6 Å². The molecule has 0 bridgehead atoms. The van der Waals surface area contributed by atoms with E-state index in [1.807, 2.05) is 0 Å². The fourth-order valence-electron chi connectivity index (χ4n) is 4.12. The quantitative estimate of drug-likeness (QED) is 0.863. The minimum Gasteiger partial charge on any atom is -0.361 e. The summed E-state index contributed by atoms with van der Waals surface area (Å²) < 4.78 is 29.5. The summed E-state index contributed by atoms with van der Waals surface area (Å²) in [6, 6.07) is 4.76. The van der Waals surface area contributed by atoms with E-state index in [0.717, 1.165) is 32.1 Å². The number of aromatic amines is 1. The number of nitrogens with zero attached hydrogens (tertiary/aromatic N) is 1. The number of aromatic nitrogens is 2. The van der Waals surface area contributed by atoms with Crippen molar-refractivity contribution >= 4 is 5.82 Å². The molecule has 0 spiro atoms. The van der Waals surface area contributed by atoms with Gasteiger partial charge in [0.1, 0.15) is 17.8 Å². The summed E-state index contributed by atoms with van der Waals surface area (Å²) in [7, 11) is 0. The van der Waals surface area contributed by atoms with Gasteiger partial charge in [0.2, 0.25) is 0 Å². The van der Waals surface area contributed by atoms with Gasteiger partial charge in [0.05, 0.1) is 11.6 Å². The molecule has 1 saturated carbocycles. The number of nitrogens with one attached hydrogen (secondary N) is 2. The van der Waals surface area contributed by atoms with Crippen LogP contribution in [0.1, 0.15) is 55.3 Å². The number of fused-ring (bicyclic) bond motifs is 1. The molecular formula is C19H21F2N3O2. The van der Waals surface area contributed by atoms with Crippen molar-refractivity contribution in [2.24, 2.45) is 0 Å². The topological polar surface area (TPSA) is 66.9 Å². The molecule has 0 saturated heterocycles. The first-order valence-corrected chi connectivity index (χ1v) is 9.08. The standard InChI is InChI=1S/C19H21F2N3O2/c20-12-6-4-5-11(9-12)16-15(21)10-14-17(22-16)23-19(26)24(18(14)25)13-7-2-1-3-8-13/h4-6,9,13,15-16,22H,1-3,7-8,10H2,(H,23,26)/t15-,16-/m0/s1. The third kappa shape index (κ3) is 2.95. The average Bonchev–Trinajstić information content (AvgIpc) is 2.63. The minimum absolute atomic E-state index is 0.105. The lowest BCUT2D eigenvalue weighted by Crippen LogP contribution is -2.44. The number of H-pyrrole nitrogens is 1. The fourth-order valence-corrected chi connectivity index (χ4v) is 4.12. The molecule has 4 rings (SSSR count). The first-order chi connectivity index (χ1) is 12.5. The van der Waals surface area contributed by atoms with Crippen molar-refractivity contribution in [2.45, 2.75) is 56.8 Å². The molecule has 5 nitrogen and oxygen atoms in total. The Labute approximate surface area is 149 Å². The van der Waals surface area contributed by atoms with E-state index < -0.39 is 29.3 Å². The summed E-state index contributed by atoms with van der Waals surface area (Å²) in [4.78, 5) is 28.1. The minimum atomic E-state index is -1.39. The maximum absolute atomic E-state index is 14.8. The van der Waals surface area contributed by atoms with Crippen LogP contribution in [0.3, 0.4) is 0 Å². The SMILES string of the molecule is O=c1[nH]c2c(c(=O)n1C1CCCCC1)C[C@H](F)[C@H](c1cccc(F)c1)N2. The third-order valence-corrected chi connectivity index (χ3v) is 5.44. The lowest BCUT2D eigenvalue weighted by Gasteiger charge is -2.31. The summed E-state index contributed by atoms with van der Waals surface area (Å²) >= 11 is 0. The van der Waals surface area contributed by atoms with E-state index in [-0.39, 0.29) is 23.8 Å². The van der Waals surface area contributed by atoms with Gasteiger partial charge < -0.3 is 5.32 Å². The van der Waals surface area contributed by atoms with E-state index in [1.165, 1.54) is 22.8 Å². The van der Waals surface area contributed by atoms with Crippen molar-refractivity contribution in [1.29, 1.82) is 0 Å². The van der Waals surface area contributed by atoms with E-state index in [2.05, 4.69) is 10.3 Å². The highest BCUT2D eigenvalue weighted by atomic mass is 19.1. The van der Waals surface area contributed by atoms with E-state index >= 15 is 0 Å². The molecule has 1 fully saturated rings. The zero-order valence-electron chi connectivity index (χ0n) is 14.3. The summed E-state index contributed by atoms with van der Waals surface area (Å²) in [5.41, 5.74) is -0.178. The summed E-state index contributed by atoms with van der Waals surface area (Å²) in [5.74, 6) is -0.210. The number of benzene rings is 1. The van der Waals surface area contributed by atoms with Crippen LogP contribution in [-0.2, 0) is 6.42 Å². The van der Waals surface area contributed by atoms with Crippen molar-refractivity contribution in [3.63, 3.8) is 0 Å². The number of hydrogen-bond acceptors (Lipinski definition) is 3. The molecule has 1 aromatic heterocycles. The number of alkyl halides is 1. The van der Waals surface area contributed by atoms with Crippen LogP contribution >= 0.6 is 0 Å². The van der Waals surface area contributed by atoms with Gasteiger partial charge >= 0.3 is 5.69 Å². The highest BCUT2D eigenvalue weighted by Crippen LogP contribution is 2.32. The molecular weight excluding hydrogens is 340 g/mol. The smallest absolute Gasteiger partial charge is 0.330 e. The lowest BCUT2D eigenvalue weighted by molar-refractivity contribution is 0.281. The molecule has 7 heteroatoms. The first-order valence-electron chi connectivity index (χ1n) is 9.08. The zero-order chi connectivity index (χ0) is 18.3. The van der Waals surface area contributed by atoms with Gasteiger partial charge in [0.15, 0.2) is 0 Å². The molecule has 0 radical (unpaired) electrons. The predicted molar refractivity (Wildman–Crippen MR) is 94.8 cm³/mol. The van der Waals surface area contributed by atoms with Crippen LogP contribution in [0.5, 0.6) is 0 Å². The number of halogens is 2. The van der Waals surface area contributed by atoms with Crippen molar-refractivity contribution in [3.05, 3.63) is 62.0 Å². The van der Waals surface area contributed by atoms with Gasteiger partial charge in [0, 0.05) is 12.5 Å². The molecule has 2 aromatic rings. The van der Waals surface area contributed by atoms with Gasteiger partial charge in [-0.05, 0) is 30.5 Å². The highest BCUT2D eigenvalue weighted by Gasteiger charge is 2.33. The van der Waals surface area contributed by atoms with Gasteiger partial charge in [-0.2, -0.15) is 0 Å². The van der Waals surface area contributed by atoms with Crippen LogP contribution in [0.15, 0.2) is 33.9 Å². The maximum atomic E-state index is 14.8. The van der Waals surface area contributed by atoms with E-state index in [4.69, 9.17) is 0 Å². The largest absolute Gasteiger partial charge is 0.361 e. The Morgan fingerprint density at radius 1 is 1.12 bits per heavy atom. The van der Waals surface area contributed by atoms with Crippen LogP contribution in [0.25, 0.3) is 0 Å². The second-order valence-electron chi connectivity index (χ2n) is 7.15. The Balaban J connectivity index is 1.72. The van der Waals surface area contributed by atoms with E-state index in [1.54, 1.807) is 6.07 Å². The molecule has 26 heavy (non-hydrogen) atoms. The number of hydrogen-bond donors (Lipinski definition) is 2. The monoisotopic (exact) mass is 361 g/mol. The maximum Gasteiger partial charge on any atom is 0.330 e. The average molecular weight is 361 g/mol. The van der Waals surface area contributed by atoms with Crippen LogP contribution in [-0.4, -0.2) is 15.7 Å².